The topological polar surface area (TPSA) is 20.3 Å². The summed E-state index contributed by atoms with van der Waals surface area (Å²) in [6.07, 6.45) is 11.4. The predicted molar refractivity (Wildman–Crippen MR) is 87.4 cm³/mol. The zero-order chi connectivity index (χ0) is 14.9. The first-order valence-corrected chi connectivity index (χ1v) is 9.51. The second kappa shape index (κ2) is 6.48. The Labute approximate surface area is 134 Å². The summed E-state index contributed by atoms with van der Waals surface area (Å²) in [5.74, 6) is 3.74. The van der Waals surface area contributed by atoms with E-state index in [0.29, 0.717) is 17.2 Å². The van der Waals surface area contributed by atoms with E-state index in [1.807, 2.05) is 4.90 Å². The lowest BCUT2D eigenvalue weighted by Gasteiger charge is -2.57. The maximum Gasteiger partial charge on any atom is 0.223 e. The van der Waals surface area contributed by atoms with Gasteiger partial charge < -0.3 is 4.90 Å². The molecule has 3 heteroatoms. The fraction of sp³-hybridized carbons (Fsp3) is 0.944. The molecule has 0 aromatic rings. The summed E-state index contributed by atoms with van der Waals surface area (Å²) < 4.78 is 0. The molecule has 0 heterocycles. The lowest BCUT2D eigenvalue weighted by atomic mass is 9.49. The molecule has 4 aliphatic carbocycles. The summed E-state index contributed by atoms with van der Waals surface area (Å²) in [5, 5.41) is 0. The minimum absolute atomic E-state index is 0.364. The fourth-order valence-electron chi connectivity index (χ4n) is 5.75. The summed E-state index contributed by atoms with van der Waals surface area (Å²) in [7, 11) is 0. The van der Waals surface area contributed by atoms with Gasteiger partial charge in [0.05, 0.1) is 0 Å². The normalized spacial score (nSPS) is 37.0. The Hall–Kier alpha value is -0.240. The Morgan fingerprint density at radius 3 is 2.14 bits per heavy atom. The summed E-state index contributed by atoms with van der Waals surface area (Å²) in [6, 6.07) is 0. The molecular weight excluding hydrogens is 282 g/mol. The number of hydrogen-bond donors (Lipinski definition) is 0. The van der Waals surface area contributed by atoms with Gasteiger partial charge in [-0.3, -0.25) is 4.79 Å². The lowest BCUT2D eigenvalue weighted by molar-refractivity contribution is -0.139. The first-order chi connectivity index (χ1) is 10.1. The summed E-state index contributed by atoms with van der Waals surface area (Å²) in [4.78, 5) is 14.8. The maximum atomic E-state index is 12.8. The molecule has 0 unspecified atom stereocenters. The molecule has 4 aliphatic rings. The Kier molecular flexibility index (Phi) is 4.83. The van der Waals surface area contributed by atoms with Crippen molar-refractivity contribution in [2.45, 2.75) is 64.7 Å². The Balaban J connectivity index is 1.63. The van der Waals surface area contributed by atoms with Gasteiger partial charge in [-0.05, 0) is 68.1 Å². The first kappa shape index (κ1) is 15.6. The van der Waals surface area contributed by atoms with Crippen molar-refractivity contribution in [3.63, 3.8) is 0 Å². The van der Waals surface area contributed by atoms with E-state index in [4.69, 9.17) is 11.6 Å². The van der Waals surface area contributed by atoms with E-state index < -0.39 is 0 Å². The van der Waals surface area contributed by atoms with E-state index in [2.05, 4.69) is 6.92 Å². The van der Waals surface area contributed by atoms with Crippen LogP contribution in [-0.4, -0.2) is 29.8 Å². The quantitative estimate of drug-likeness (QED) is 0.636. The smallest absolute Gasteiger partial charge is 0.223 e. The summed E-state index contributed by atoms with van der Waals surface area (Å²) in [5.41, 5.74) is 0.364. The average molecular weight is 312 g/mol. The third-order valence-corrected chi connectivity index (χ3v) is 6.35. The van der Waals surface area contributed by atoms with E-state index in [-0.39, 0.29) is 0 Å². The van der Waals surface area contributed by atoms with Crippen LogP contribution in [0.1, 0.15) is 64.7 Å². The van der Waals surface area contributed by atoms with E-state index in [0.717, 1.165) is 50.1 Å². The predicted octanol–water partition coefficient (Wildman–Crippen LogP) is 4.46. The number of alkyl halides is 1. The molecule has 0 atom stereocenters. The van der Waals surface area contributed by atoms with Crippen molar-refractivity contribution in [3.05, 3.63) is 0 Å². The molecule has 4 saturated carbocycles. The van der Waals surface area contributed by atoms with Crippen molar-refractivity contribution < 1.29 is 4.79 Å². The fourth-order valence-corrected chi connectivity index (χ4v) is 5.96. The number of unbranched alkanes of at least 4 members (excludes halogenated alkanes) is 1. The van der Waals surface area contributed by atoms with Gasteiger partial charge >= 0.3 is 0 Å². The van der Waals surface area contributed by atoms with Gasteiger partial charge in [-0.1, -0.05) is 13.3 Å². The highest BCUT2D eigenvalue weighted by atomic mass is 35.5. The number of carbonyl (C=O) groups is 1. The molecule has 0 radical (unpaired) electrons. The number of rotatable bonds is 7. The standard InChI is InChI=1S/C18H30ClNO/c1-2-3-5-20(6-4-19)17(21)13-18-10-14-7-15(11-18)9-16(8-14)12-18/h14-16H,2-13H2,1H3. The van der Waals surface area contributed by atoms with E-state index in [1.54, 1.807) is 0 Å². The molecule has 4 rings (SSSR count). The van der Waals surface area contributed by atoms with Crippen LogP contribution in [0.15, 0.2) is 0 Å². The number of nitrogens with zero attached hydrogens (tertiary/aromatic N) is 1. The summed E-state index contributed by atoms with van der Waals surface area (Å²) in [6.45, 7) is 3.81. The SMILES string of the molecule is CCCCN(CCCl)C(=O)CC12CC3CC(CC(C3)C1)C2. The highest BCUT2D eigenvalue weighted by molar-refractivity contribution is 6.18. The Morgan fingerprint density at radius 1 is 1.10 bits per heavy atom. The largest absolute Gasteiger partial charge is 0.341 e. The van der Waals surface area contributed by atoms with Gasteiger partial charge in [0.1, 0.15) is 0 Å². The highest BCUT2D eigenvalue weighted by Gasteiger charge is 2.51. The number of amides is 1. The van der Waals surface area contributed by atoms with Crippen LogP contribution >= 0.6 is 11.6 Å². The third kappa shape index (κ3) is 3.41. The summed E-state index contributed by atoms with van der Waals surface area (Å²) >= 11 is 5.90. The minimum Gasteiger partial charge on any atom is -0.341 e. The molecule has 0 aromatic carbocycles. The zero-order valence-corrected chi connectivity index (χ0v) is 14.2. The van der Waals surface area contributed by atoms with Crippen LogP contribution < -0.4 is 0 Å². The number of halogens is 1. The molecule has 0 spiro atoms. The molecule has 2 nitrogen and oxygen atoms in total. The minimum atomic E-state index is 0.364. The van der Waals surface area contributed by atoms with E-state index >= 15 is 0 Å². The second-order valence-electron chi connectivity index (χ2n) is 8.02. The van der Waals surface area contributed by atoms with Gasteiger partial charge in [-0.25, -0.2) is 0 Å². The van der Waals surface area contributed by atoms with Crippen molar-refractivity contribution in [2.75, 3.05) is 19.0 Å². The molecule has 1 amide bonds. The van der Waals surface area contributed by atoms with Gasteiger partial charge in [-0.2, -0.15) is 0 Å². The van der Waals surface area contributed by atoms with Crippen molar-refractivity contribution in [3.8, 4) is 0 Å². The molecule has 21 heavy (non-hydrogen) atoms. The van der Waals surface area contributed by atoms with Crippen LogP contribution in [0.5, 0.6) is 0 Å². The number of carbonyl (C=O) groups excluding carboxylic acids is 1. The molecule has 120 valence electrons. The van der Waals surface area contributed by atoms with Crippen molar-refractivity contribution in [1.82, 2.24) is 4.90 Å². The molecule has 0 saturated heterocycles. The highest BCUT2D eigenvalue weighted by Crippen LogP contribution is 2.61. The molecule has 0 N–H and O–H groups in total. The van der Waals surface area contributed by atoms with E-state index in [1.165, 1.54) is 38.5 Å². The molecule has 0 aliphatic heterocycles. The van der Waals surface area contributed by atoms with Gasteiger partial charge in [0, 0.05) is 25.4 Å². The molecular formula is C18H30ClNO. The van der Waals surface area contributed by atoms with Crippen LogP contribution in [0.25, 0.3) is 0 Å². The van der Waals surface area contributed by atoms with E-state index in [9.17, 15) is 4.79 Å². The van der Waals surface area contributed by atoms with Crippen LogP contribution in [0, 0.1) is 23.2 Å². The van der Waals surface area contributed by atoms with Crippen LogP contribution in [0.2, 0.25) is 0 Å². The van der Waals surface area contributed by atoms with Gasteiger partial charge in [-0.15, -0.1) is 11.6 Å². The molecule has 4 bridgehead atoms. The monoisotopic (exact) mass is 311 g/mol. The van der Waals surface area contributed by atoms with Crippen LogP contribution in [0.3, 0.4) is 0 Å². The molecule has 4 fully saturated rings. The Morgan fingerprint density at radius 2 is 1.67 bits per heavy atom. The number of hydrogen-bond acceptors (Lipinski definition) is 1. The maximum absolute atomic E-state index is 12.8. The third-order valence-electron chi connectivity index (χ3n) is 6.18. The van der Waals surface area contributed by atoms with Crippen molar-refractivity contribution in [1.29, 1.82) is 0 Å². The van der Waals surface area contributed by atoms with Gasteiger partial charge in [0.2, 0.25) is 5.91 Å². The first-order valence-electron chi connectivity index (χ1n) is 8.98. The van der Waals surface area contributed by atoms with Gasteiger partial charge in [0.15, 0.2) is 0 Å². The van der Waals surface area contributed by atoms with Crippen molar-refractivity contribution >= 4 is 17.5 Å². The van der Waals surface area contributed by atoms with Crippen LogP contribution in [-0.2, 0) is 4.79 Å². The molecule has 0 aromatic heterocycles. The lowest BCUT2D eigenvalue weighted by Crippen LogP contribution is -2.48. The zero-order valence-electron chi connectivity index (χ0n) is 13.5. The average Bonchev–Trinajstić information content (AvgIpc) is 2.41. The Bertz CT molecular complexity index is 346. The van der Waals surface area contributed by atoms with Crippen molar-refractivity contribution in [2.24, 2.45) is 23.2 Å². The van der Waals surface area contributed by atoms with Gasteiger partial charge in [0.25, 0.3) is 0 Å². The second-order valence-corrected chi connectivity index (χ2v) is 8.40. The van der Waals surface area contributed by atoms with Crippen LogP contribution in [0.4, 0.5) is 0 Å².